The van der Waals surface area contributed by atoms with Gasteiger partial charge < -0.3 is 19.8 Å². The molecule has 1 aliphatic heterocycles. The van der Waals surface area contributed by atoms with E-state index in [2.05, 4.69) is 15.0 Å². The Morgan fingerprint density at radius 2 is 2.35 bits per heavy atom. The van der Waals surface area contributed by atoms with Gasteiger partial charge in [0.2, 0.25) is 10.0 Å². The smallest absolute Gasteiger partial charge is 0.242 e. The molecule has 1 unspecified atom stereocenters. The Morgan fingerprint density at radius 3 is 2.95 bits per heavy atom. The zero-order valence-electron chi connectivity index (χ0n) is 11.7. The van der Waals surface area contributed by atoms with Crippen LogP contribution in [0.15, 0.2) is 17.2 Å². The van der Waals surface area contributed by atoms with Gasteiger partial charge in [0, 0.05) is 45.1 Å². The zero-order valence-corrected chi connectivity index (χ0v) is 12.5. The molecule has 8 heteroatoms. The maximum Gasteiger partial charge on any atom is 0.242 e. The number of rotatable bonds is 7. The molecule has 0 radical (unpaired) electrons. The number of hydrogen-bond acceptors (Lipinski definition) is 5. The lowest BCUT2D eigenvalue weighted by Crippen LogP contribution is -2.44. The second kappa shape index (κ2) is 6.23. The van der Waals surface area contributed by atoms with Crippen molar-refractivity contribution in [3.63, 3.8) is 0 Å². The number of methoxy groups -OCH3 is 1. The van der Waals surface area contributed by atoms with Crippen molar-refractivity contribution in [2.24, 2.45) is 0 Å². The Morgan fingerprint density at radius 1 is 1.55 bits per heavy atom. The molecule has 0 spiro atoms. The van der Waals surface area contributed by atoms with Crippen molar-refractivity contribution in [2.75, 3.05) is 33.9 Å². The molecule has 2 heterocycles. The van der Waals surface area contributed by atoms with E-state index in [0.29, 0.717) is 26.2 Å². The first-order chi connectivity index (χ1) is 9.51. The summed E-state index contributed by atoms with van der Waals surface area (Å²) in [5.41, 5.74) is 0.260. The van der Waals surface area contributed by atoms with Crippen LogP contribution in [0.2, 0.25) is 0 Å². The van der Waals surface area contributed by atoms with Crippen molar-refractivity contribution in [1.29, 1.82) is 0 Å². The number of hydrogen-bond donors (Lipinski definition) is 3. The summed E-state index contributed by atoms with van der Waals surface area (Å²) in [5.74, 6) is 0. The molecule has 0 amide bonds. The number of aromatic amines is 1. The minimum atomic E-state index is -3.54. The van der Waals surface area contributed by atoms with Crippen molar-refractivity contribution < 1.29 is 17.9 Å². The largest absolute Gasteiger partial charge is 0.378 e. The van der Waals surface area contributed by atoms with Gasteiger partial charge in [-0.25, -0.2) is 13.1 Å². The fourth-order valence-electron chi connectivity index (χ4n) is 2.14. The molecule has 1 atom stereocenters. The molecule has 2 rings (SSSR count). The molecule has 1 aliphatic rings. The highest BCUT2D eigenvalue weighted by molar-refractivity contribution is 7.89. The molecular formula is C12H21N3O4S. The highest BCUT2D eigenvalue weighted by Crippen LogP contribution is 2.22. The van der Waals surface area contributed by atoms with Gasteiger partial charge in [0.15, 0.2) is 0 Å². The van der Waals surface area contributed by atoms with Gasteiger partial charge >= 0.3 is 0 Å². The molecule has 0 aromatic carbocycles. The van der Waals surface area contributed by atoms with E-state index in [1.54, 1.807) is 20.2 Å². The summed E-state index contributed by atoms with van der Waals surface area (Å²) in [5, 5.41) is 2.96. The van der Waals surface area contributed by atoms with Crippen molar-refractivity contribution in [3.8, 4) is 0 Å². The first-order valence-corrected chi connectivity index (χ1v) is 7.94. The summed E-state index contributed by atoms with van der Waals surface area (Å²) in [6.45, 7) is 1.79. The topological polar surface area (TPSA) is 92.5 Å². The summed E-state index contributed by atoms with van der Waals surface area (Å²) in [6, 6.07) is 1.61. The van der Waals surface area contributed by atoms with Gasteiger partial charge in [-0.05, 0) is 13.1 Å². The fraction of sp³-hybridized carbons (Fsp3) is 0.667. The minimum Gasteiger partial charge on any atom is -0.378 e. The second-order valence-corrected chi connectivity index (χ2v) is 6.67. The Hall–Kier alpha value is -0.930. The summed E-state index contributed by atoms with van der Waals surface area (Å²) in [6.07, 6.45) is 2.17. The van der Waals surface area contributed by atoms with E-state index in [1.807, 2.05) is 0 Å². The van der Waals surface area contributed by atoms with Gasteiger partial charge in [-0.2, -0.15) is 0 Å². The molecule has 20 heavy (non-hydrogen) atoms. The van der Waals surface area contributed by atoms with Gasteiger partial charge in [-0.15, -0.1) is 0 Å². The van der Waals surface area contributed by atoms with Crippen molar-refractivity contribution in [3.05, 3.63) is 18.0 Å². The summed E-state index contributed by atoms with van der Waals surface area (Å²) < 4.78 is 37.7. The number of sulfonamides is 1. The van der Waals surface area contributed by atoms with Crippen LogP contribution >= 0.6 is 0 Å². The predicted molar refractivity (Wildman–Crippen MR) is 73.9 cm³/mol. The van der Waals surface area contributed by atoms with E-state index in [4.69, 9.17) is 9.47 Å². The third-order valence-corrected chi connectivity index (χ3v) is 4.86. The molecule has 1 saturated heterocycles. The van der Waals surface area contributed by atoms with Crippen LogP contribution in [0, 0.1) is 0 Å². The van der Waals surface area contributed by atoms with Crippen LogP contribution in [0.1, 0.15) is 12.1 Å². The van der Waals surface area contributed by atoms with Crippen LogP contribution in [0.4, 0.5) is 0 Å². The van der Waals surface area contributed by atoms with Crippen LogP contribution in [-0.4, -0.2) is 52.9 Å². The van der Waals surface area contributed by atoms with Gasteiger partial charge in [-0.1, -0.05) is 0 Å². The molecule has 0 bridgehead atoms. The van der Waals surface area contributed by atoms with Crippen LogP contribution in [-0.2, 0) is 26.0 Å². The third-order valence-electron chi connectivity index (χ3n) is 3.48. The van der Waals surface area contributed by atoms with Crippen LogP contribution in [0.25, 0.3) is 0 Å². The Kier molecular flexibility index (Phi) is 4.82. The second-order valence-electron chi connectivity index (χ2n) is 4.91. The van der Waals surface area contributed by atoms with Gasteiger partial charge in [-0.3, -0.25) is 0 Å². The molecule has 1 aromatic heterocycles. The maximum absolute atomic E-state index is 12.2. The van der Waals surface area contributed by atoms with Gasteiger partial charge in [0.05, 0.1) is 11.5 Å². The van der Waals surface area contributed by atoms with E-state index in [1.165, 1.54) is 6.20 Å². The molecule has 1 aromatic rings. The highest BCUT2D eigenvalue weighted by Gasteiger charge is 2.36. The normalized spacial score (nSPS) is 23.3. The average Bonchev–Trinajstić information content (AvgIpc) is 3.07. The predicted octanol–water partition coefficient (Wildman–Crippen LogP) is -0.182. The molecule has 3 N–H and O–H groups in total. The van der Waals surface area contributed by atoms with Crippen molar-refractivity contribution in [1.82, 2.24) is 15.0 Å². The van der Waals surface area contributed by atoms with E-state index >= 15 is 0 Å². The Bertz CT molecular complexity index is 535. The first kappa shape index (κ1) is 15.5. The molecule has 114 valence electrons. The van der Waals surface area contributed by atoms with E-state index in [-0.39, 0.29) is 11.4 Å². The lowest BCUT2D eigenvalue weighted by Gasteiger charge is -2.25. The summed E-state index contributed by atoms with van der Waals surface area (Å²) in [7, 11) is -0.163. The first-order valence-electron chi connectivity index (χ1n) is 6.46. The molecular weight excluding hydrogens is 282 g/mol. The van der Waals surface area contributed by atoms with Crippen LogP contribution in [0.5, 0.6) is 0 Å². The molecule has 1 fully saturated rings. The third kappa shape index (κ3) is 3.39. The van der Waals surface area contributed by atoms with Crippen LogP contribution in [0.3, 0.4) is 0 Å². The Balaban J connectivity index is 2.03. The summed E-state index contributed by atoms with van der Waals surface area (Å²) in [4.78, 5) is 3.16. The van der Waals surface area contributed by atoms with Crippen LogP contribution < -0.4 is 10.0 Å². The maximum atomic E-state index is 12.2. The van der Waals surface area contributed by atoms with Crippen molar-refractivity contribution in [2.45, 2.75) is 23.5 Å². The zero-order chi connectivity index (χ0) is 14.6. The van der Waals surface area contributed by atoms with E-state index in [9.17, 15) is 8.42 Å². The minimum absolute atomic E-state index is 0.207. The number of H-pyrrole nitrogens is 1. The highest BCUT2D eigenvalue weighted by atomic mass is 32.2. The fourth-order valence-corrected chi connectivity index (χ4v) is 3.27. The van der Waals surface area contributed by atoms with Crippen molar-refractivity contribution >= 4 is 10.0 Å². The lowest BCUT2D eigenvalue weighted by molar-refractivity contribution is -0.0120. The Labute approximate surface area is 119 Å². The average molecular weight is 303 g/mol. The van der Waals surface area contributed by atoms with E-state index in [0.717, 1.165) is 5.69 Å². The summed E-state index contributed by atoms with van der Waals surface area (Å²) >= 11 is 0. The standard InChI is InChI=1S/C12H21N3O4S/c1-13-6-10-5-11(7-14-10)20(16,17)15-8-12(18-2)3-4-19-9-12/h5,7,13-15H,3-4,6,8-9H2,1-2H3. The van der Waals surface area contributed by atoms with Gasteiger partial charge in [0.1, 0.15) is 5.60 Å². The molecule has 7 nitrogen and oxygen atoms in total. The van der Waals surface area contributed by atoms with Gasteiger partial charge in [0.25, 0.3) is 0 Å². The monoisotopic (exact) mass is 303 g/mol. The number of ether oxygens (including phenoxy) is 2. The lowest BCUT2D eigenvalue weighted by atomic mass is 10.0. The quantitative estimate of drug-likeness (QED) is 0.650. The number of aromatic nitrogens is 1. The molecule has 0 aliphatic carbocycles. The SMILES string of the molecule is CNCc1cc(S(=O)(=O)NCC2(OC)CCOC2)c[nH]1. The molecule has 0 saturated carbocycles. The number of nitrogens with one attached hydrogen (secondary N) is 3. The van der Waals surface area contributed by atoms with E-state index < -0.39 is 15.6 Å².